The molecule has 0 aliphatic carbocycles. The van der Waals surface area contributed by atoms with E-state index >= 15 is 0 Å². The predicted molar refractivity (Wildman–Crippen MR) is 81.5 cm³/mol. The SMILES string of the molecule is CCCNc1ncccc1CN(C)c1ccccc1F. The van der Waals surface area contributed by atoms with Crippen LogP contribution in [-0.4, -0.2) is 18.6 Å². The van der Waals surface area contributed by atoms with Crippen LogP contribution in [0.15, 0.2) is 42.6 Å². The standard InChI is InChI=1S/C16H20FN3/c1-3-10-18-16-13(7-6-11-19-16)12-20(2)15-9-5-4-8-14(15)17/h4-9,11H,3,10,12H2,1-2H3,(H,18,19). The average molecular weight is 273 g/mol. The van der Waals surface area contributed by atoms with Gasteiger partial charge < -0.3 is 10.2 Å². The highest BCUT2D eigenvalue weighted by molar-refractivity contribution is 5.51. The number of aromatic nitrogens is 1. The maximum atomic E-state index is 13.8. The highest BCUT2D eigenvalue weighted by atomic mass is 19.1. The van der Waals surface area contributed by atoms with Crippen LogP contribution in [0.25, 0.3) is 0 Å². The molecule has 0 amide bonds. The summed E-state index contributed by atoms with van der Waals surface area (Å²) in [5.74, 6) is 0.666. The van der Waals surface area contributed by atoms with Crippen LogP contribution in [0.1, 0.15) is 18.9 Å². The van der Waals surface area contributed by atoms with Gasteiger partial charge in [0.25, 0.3) is 0 Å². The molecule has 0 radical (unpaired) electrons. The topological polar surface area (TPSA) is 28.2 Å². The minimum absolute atomic E-state index is 0.207. The van der Waals surface area contributed by atoms with Crippen LogP contribution >= 0.6 is 0 Å². The molecule has 0 saturated carbocycles. The third-order valence-electron chi connectivity index (χ3n) is 3.10. The van der Waals surface area contributed by atoms with E-state index in [1.807, 2.05) is 30.1 Å². The largest absolute Gasteiger partial charge is 0.370 e. The highest BCUT2D eigenvalue weighted by Gasteiger charge is 2.10. The first kappa shape index (κ1) is 14.3. The van der Waals surface area contributed by atoms with Crippen molar-refractivity contribution in [3.05, 3.63) is 54.0 Å². The first-order chi connectivity index (χ1) is 9.72. The molecule has 4 heteroatoms. The van der Waals surface area contributed by atoms with Crippen LogP contribution in [-0.2, 0) is 6.54 Å². The Hall–Kier alpha value is -2.10. The molecular formula is C16H20FN3. The van der Waals surface area contributed by atoms with Gasteiger partial charge >= 0.3 is 0 Å². The molecule has 1 aromatic heterocycles. The Balaban J connectivity index is 2.15. The van der Waals surface area contributed by atoms with Gasteiger partial charge in [0.15, 0.2) is 0 Å². The number of para-hydroxylation sites is 1. The molecule has 1 heterocycles. The first-order valence-electron chi connectivity index (χ1n) is 6.85. The number of hydrogen-bond acceptors (Lipinski definition) is 3. The van der Waals surface area contributed by atoms with Gasteiger partial charge in [-0.05, 0) is 24.6 Å². The molecule has 0 spiro atoms. The van der Waals surface area contributed by atoms with Crippen molar-refractivity contribution in [2.45, 2.75) is 19.9 Å². The molecule has 0 fully saturated rings. The van der Waals surface area contributed by atoms with E-state index in [1.54, 1.807) is 18.3 Å². The third kappa shape index (κ3) is 3.47. The number of nitrogens with zero attached hydrogens (tertiary/aromatic N) is 2. The zero-order chi connectivity index (χ0) is 14.4. The number of rotatable bonds is 6. The van der Waals surface area contributed by atoms with Gasteiger partial charge in [0.1, 0.15) is 11.6 Å². The van der Waals surface area contributed by atoms with E-state index in [4.69, 9.17) is 0 Å². The van der Waals surface area contributed by atoms with Crippen LogP contribution in [0.4, 0.5) is 15.9 Å². The van der Waals surface area contributed by atoms with Crippen LogP contribution in [0.2, 0.25) is 0 Å². The molecular weight excluding hydrogens is 253 g/mol. The van der Waals surface area contributed by atoms with Gasteiger partial charge in [0, 0.05) is 31.9 Å². The summed E-state index contributed by atoms with van der Waals surface area (Å²) in [7, 11) is 1.88. The normalized spacial score (nSPS) is 10.3. The maximum Gasteiger partial charge on any atom is 0.146 e. The number of nitrogens with one attached hydrogen (secondary N) is 1. The molecule has 106 valence electrons. The van der Waals surface area contributed by atoms with Crippen LogP contribution in [0, 0.1) is 5.82 Å². The van der Waals surface area contributed by atoms with Gasteiger partial charge in [-0.15, -0.1) is 0 Å². The summed E-state index contributed by atoms with van der Waals surface area (Å²) in [6, 6.07) is 10.7. The Kier molecular flexibility index (Phi) is 4.93. The number of halogens is 1. The summed E-state index contributed by atoms with van der Waals surface area (Å²) in [6.07, 6.45) is 2.81. The van der Waals surface area contributed by atoms with Crippen LogP contribution in [0.5, 0.6) is 0 Å². The van der Waals surface area contributed by atoms with E-state index in [0.717, 1.165) is 24.3 Å². The fourth-order valence-electron chi connectivity index (χ4n) is 2.07. The van der Waals surface area contributed by atoms with Gasteiger partial charge in [0.2, 0.25) is 0 Å². The Morgan fingerprint density at radius 1 is 1.20 bits per heavy atom. The minimum atomic E-state index is -0.207. The van der Waals surface area contributed by atoms with Gasteiger partial charge in [-0.1, -0.05) is 25.1 Å². The number of anilines is 2. The van der Waals surface area contributed by atoms with E-state index in [2.05, 4.69) is 17.2 Å². The Morgan fingerprint density at radius 2 is 2.00 bits per heavy atom. The average Bonchev–Trinajstić information content (AvgIpc) is 2.46. The lowest BCUT2D eigenvalue weighted by molar-refractivity contribution is 0.622. The molecule has 0 aliphatic heterocycles. The molecule has 0 atom stereocenters. The molecule has 20 heavy (non-hydrogen) atoms. The van der Waals surface area contributed by atoms with Crippen molar-refractivity contribution < 1.29 is 4.39 Å². The van der Waals surface area contributed by atoms with Crippen molar-refractivity contribution in [2.75, 3.05) is 23.8 Å². The fourth-order valence-corrected chi connectivity index (χ4v) is 2.07. The lowest BCUT2D eigenvalue weighted by Crippen LogP contribution is -2.19. The van der Waals surface area contributed by atoms with Crippen LogP contribution in [0.3, 0.4) is 0 Å². The second kappa shape index (κ2) is 6.89. The lowest BCUT2D eigenvalue weighted by Gasteiger charge is -2.21. The molecule has 3 nitrogen and oxygen atoms in total. The highest BCUT2D eigenvalue weighted by Crippen LogP contribution is 2.21. The van der Waals surface area contributed by atoms with Gasteiger partial charge in [-0.25, -0.2) is 9.37 Å². The summed E-state index contributed by atoms with van der Waals surface area (Å²) in [5, 5.41) is 3.30. The monoisotopic (exact) mass is 273 g/mol. The maximum absolute atomic E-state index is 13.8. The smallest absolute Gasteiger partial charge is 0.146 e. The second-order valence-corrected chi connectivity index (χ2v) is 4.75. The summed E-state index contributed by atoms with van der Waals surface area (Å²) in [4.78, 5) is 6.25. The van der Waals surface area contributed by atoms with Crippen LogP contribution < -0.4 is 10.2 Å². The molecule has 1 aromatic carbocycles. The third-order valence-corrected chi connectivity index (χ3v) is 3.10. The zero-order valence-electron chi connectivity index (χ0n) is 11.9. The molecule has 0 unspecified atom stereocenters. The molecule has 1 N–H and O–H groups in total. The van der Waals surface area contributed by atoms with E-state index in [9.17, 15) is 4.39 Å². The van der Waals surface area contributed by atoms with Crippen molar-refractivity contribution >= 4 is 11.5 Å². The number of benzene rings is 1. The first-order valence-corrected chi connectivity index (χ1v) is 6.85. The summed E-state index contributed by atoms with van der Waals surface area (Å²) < 4.78 is 13.8. The van der Waals surface area contributed by atoms with Crippen molar-refractivity contribution in [3.63, 3.8) is 0 Å². The van der Waals surface area contributed by atoms with Crippen molar-refractivity contribution in [1.29, 1.82) is 0 Å². The van der Waals surface area contributed by atoms with Gasteiger partial charge in [-0.3, -0.25) is 0 Å². The molecule has 2 rings (SSSR count). The lowest BCUT2D eigenvalue weighted by atomic mass is 10.2. The summed E-state index contributed by atoms with van der Waals surface area (Å²) in [5.41, 5.74) is 1.66. The van der Waals surface area contributed by atoms with Crippen molar-refractivity contribution in [3.8, 4) is 0 Å². The Labute approximate surface area is 119 Å². The molecule has 0 bridgehead atoms. The van der Waals surface area contributed by atoms with E-state index in [0.29, 0.717) is 12.2 Å². The molecule has 0 aliphatic rings. The predicted octanol–water partition coefficient (Wildman–Crippen LogP) is 3.68. The van der Waals surface area contributed by atoms with E-state index in [-0.39, 0.29) is 5.82 Å². The van der Waals surface area contributed by atoms with Crippen molar-refractivity contribution in [2.24, 2.45) is 0 Å². The zero-order valence-corrected chi connectivity index (χ0v) is 11.9. The molecule has 2 aromatic rings. The Bertz CT molecular complexity index is 557. The van der Waals surface area contributed by atoms with E-state index in [1.165, 1.54) is 6.07 Å². The van der Waals surface area contributed by atoms with Gasteiger partial charge in [0.05, 0.1) is 5.69 Å². The Morgan fingerprint density at radius 3 is 2.75 bits per heavy atom. The number of pyridine rings is 1. The number of hydrogen-bond donors (Lipinski definition) is 1. The molecule has 0 saturated heterocycles. The fraction of sp³-hybridized carbons (Fsp3) is 0.312. The van der Waals surface area contributed by atoms with E-state index < -0.39 is 0 Å². The second-order valence-electron chi connectivity index (χ2n) is 4.75. The summed E-state index contributed by atoms with van der Waals surface area (Å²) >= 11 is 0. The quantitative estimate of drug-likeness (QED) is 0.870. The van der Waals surface area contributed by atoms with Gasteiger partial charge in [-0.2, -0.15) is 0 Å². The summed E-state index contributed by atoms with van der Waals surface area (Å²) in [6.45, 7) is 3.61. The van der Waals surface area contributed by atoms with Crippen molar-refractivity contribution in [1.82, 2.24) is 4.98 Å². The minimum Gasteiger partial charge on any atom is -0.370 e.